The first-order chi connectivity index (χ1) is 11.9. The minimum Gasteiger partial charge on any atom is -0.462 e. The molecule has 2 rings (SSSR count). The molecule has 132 valence electrons. The van der Waals surface area contributed by atoms with Crippen LogP contribution < -0.4 is 10.6 Å². The topological polar surface area (TPSA) is 50.4 Å². The van der Waals surface area contributed by atoms with Crippen LogP contribution in [0.3, 0.4) is 0 Å². The van der Waals surface area contributed by atoms with Crippen molar-refractivity contribution < 1.29 is 9.53 Å². The number of esters is 1. The van der Waals surface area contributed by atoms with Crippen LogP contribution in [0, 0.1) is 13.8 Å². The van der Waals surface area contributed by atoms with Gasteiger partial charge in [-0.15, -0.1) is 0 Å². The third-order valence-electron chi connectivity index (χ3n) is 4.08. The molecule has 0 aliphatic rings. The molecular weight excluding hydrogens is 332 g/mol. The molecule has 0 saturated heterocycles. The highest BCUT2D eigenvalue weighted by atomic mass is 32.1. The Bertz CT molecular complexity index is 774. The van der Waals surface area contributed by atoms with Crippen molar-refractivity contribution in [2.45, 2.75) is 33.7 Å². The van der Waals surface area contributed by atoms with Gasteiger partial charge in [0.1, 0.15) is 0 Å². The van der Waals surface area contributed by atoms with Crippen LogP contribution in [-0.4, -0.2) is 17.7 Å². The molecule has 2 N–H and O–H groups in total. The van der Waals surface area contributed by atoms with Gasteiger partial charge >= 0.3 is 5.97 Å². The molecule has 4 nitrogen and oxygen atoms in total. The molecular formula is C20H24N2O2S. The molecule has 0 amide bonds. The Kier molecular flexibility index (Phi) is 6.53. The molecule has 5 heteroatoms. The van der Waals surface area contributed by atoms with Gasteiger partial charge in [-0.3, -0.25) is 0 Å². The molecule has 0 aliphatic carbocycles. The predicted octanol–water partition coefficient (Wildman–Crippen LogP) is 4.53. The van der Waals surface area contributed by atoms with E-state index in [-0.39, 0.29) is 12.0 Å². The van der Waals surface area contributed by atoms with Crippen molar-refractivity contribution >= 4 is 29.0 Å². The standard InChI is InChI=1S/C20H24N2O2S/c1-5-24-19(23)17-11-8-12-18(14(17)3)22-20(25)21-15(4)16-10-7-6-9-13(16)2/h6-12,15H,5H2,1-4H3,(H2,21,22,25)/t15-/m1/s1. The van der Waals surface area contributed by atoms with Gasteiger partial charge < -0.3 is 15.4 Å². The molecule has 25 heavy (non-hydrogen) atoms. The average molecular weight is 356 g/mol. The lowest BCUT2D eigenvalue weighted by Crippen LogP contribution is -2.31. The van der Waals surface area contributed by atoms with Crippen molar-refractivity contribution in [3.05, 3.63) is 64.7 Å². The van der Waals surface area contributed by atoms with E-state index in [9.17, 15) is 4.79 Å². The molecule has 1 atom stereocenters. The third-order valence-corrected chi connectivity index (χ3v) is 4.30. The number of hydrogen-bond donors (Lipinski definition) is 2. The van der Waals surface area contributed by atoms with E-state index in [1.165, 1.54) is 11.1 Å². The van der Waals surface area contributed by atoms with Crippen LogP contribution in [0.15, 0.2) is 42.5 Å². The third kappa shape index (κ3) is 4.79. The van der Waals surface area contributed by atoms with Gasteiger partial charge in [0, 0.05) is 5.69 Å². The Morgan fingerprint density at radius 1 is 1.16 bits per heavy atom. The number of benzene rings is 2. The highest BCUT2D eigenvalue weighted by Gasteiger charge is 2.14. The fourth-order valence-corrected chi connectivity index (χ4v) is 2.99. The summed E-state index contributed by atoms with van der Waals surface area (Å²) in [6.45, 7) is 8.17. The second-order valence-electron chi connectivity index (χ2n) is 5.88. The van der Waals surface area contributed by atoms with Crippen molar-refractivity contribution in [2.24, 2.45) is 0 Å². The Balaban J connectivity index is 2.09. The molecule has 0 fully saturated rings. The van der Waals surface area contributed by atoms with Crippen molar-refractivity contribution in [3.8, 4) is 0 Å². The first kappa shape index (κ1) is 18.9. The van der Waals surface area contributed by atoms with Gasteiger partial charge in [-0.05, 0) is 68.7 Å². The number of hydrogen-bond acceptors (Lipinski definition) is 3. The summed E-state index contributed by atoms with van der Waals surface area (Å²) in [6, 6.07) is 13.7. The van der Waals surface area contributed by atoms with E-state index in [4.69, 9.17) is 17.0 Å². The summed E-state index contributed by atoms with van der Waals surface area (Å²) >= 11 is 5.44. The van der Waals surface area contributed by atoms with Gasteiger partial charge in [0.25, 0.3) is 0 Å². The number of thiocarbonyl (C=S) groups is 1. The van der Waals surface area contributed by atoms with E-state index in [0.29, 0.717) is 17.3 Å². The van der Waals surface area contributed by atoms with Gasteiger partial charge in [0.05, 0.1) is 18.2 Å². The molecule has 0 aromatic heterocycles. The number of carbonyl (C=O) groups excluding carboxylic acids is 1. The molecule has 0 heterocycles. The summed E-state index contributed by atoms with van der Waals surface area (Å²) in [5.74, 6) is -0.323. The summed E-state index contributed by atoms with van der Waals surface area (Å²) in [6.07, 6.45) is 0. The van der Waals surface area contributed by atoms with E-state index < -0.39 is 0 Å². The first-order valence-corrected chi connectivity index (χ1v) is 8.74. The van der Waals surface area contributed by atoms with Crippen LogP contribution in [-0.2, 0) is 4.74 Å². The van der Waals surface area contributed by atoms with Gasteiger partial charge in [-0.1, -0.05) is 30.3 Å². The summed E-state index contributed by atoms with van der Waals surface area (Å²) in [7, 11) is 0. The Labute approximate surface area is 154 Å². The number of rotatable bonds is 5. The zero-order valence-corrected chi connectivity index (χ0v) is 15.9. The number of anilines is 1. The molecule has 0 radical (unpaired) electrons. The van der Waals surface area contributed by atoms with Gasteiger partial charge in [0.15, 0.2) is 5.11 Å². The minimum absolute atomic E-state index is 0.0785. The lowest BCUT2D eigenvalue weighted by molar-refractivity contribution is 0.0525. The first-order valence-electron chi connectivity index (χ1n) is 8.33. The van der Waals surface area contributed by atoms with Crippen molar-refractivity contribution in [1.29, 1.82) is 0 Å². The van der Waals surface area contributed by atoms with Crippen LogP contribution in [0.25, 0.3) is 0 Å². The van der Waals surface area contributed by atoms with Crippen LogP contribution in [0.2, 0.25) is 0 Å². The quantitative estimate of drug-likeness (QED) is 0.609. The normalized spacial score (nSPS) is 11.5. The van der Waals surface area contributed by atoms with Crippen LogP contribution in [0.1, 0.15) is 46.9 Å². The SMILES string of the molecule is CCOC(=O)c1cccc(NC(=S)N[C@H](C)c2ccccc2C)c1C. The van der Waals surface area contributed by atoms with Gasteiger partial charge in [-0.2, -0.15) is 0 Å². The second-order valence-corrected chi connectivity index (χ2v) is 6.28. The lowest BCUT2D eigenvalue weighted by atomic mass is 10.0. The molecule has 0 spiro atoms. The molecule has 0 aliphatic heterocycles. The zero-order chi connectivity index (χ0) is 18.4. The molecule has 2 aromatic rings. The maximum Gasteiger partial charge on any atom is 0.338 e. The highest BCUT2D eigenvalue weighted by molar-refractivity contribution is 7.80. The second kappa shape index (κ2) is 8.62. The van der Waals surface area contributed by atoms with E-state index in [2.05, 4.69) is 36.6 Å². The maximum atomic E-state index is 12.0. The van der Waals surface area contributed by atoms with Crippen molar-refractivity contribution in [2.75, 3.05) is 11.9 Å². The minimum atomic E-state index is -0.323. The number of nitrogens with one attached hydrogen (secondary N) is 2. The van der Waals surface area contributed by atoms with Crippen molar-refractivity contribution in [3.63, 3.8) is 0 Å². The van der Waals surface area contributed by atoms with Crippen LogP contribution in [0.5, 0.6) is 0 Å². The smallest absolute Gasteiger partial charge is 0.338 e. The lowest BCUT2D eigenvalue weighted by Gasteiger charge is -2.20. The Morgan fingerprint density at radius 3 is 2.56 bits per heavy atom. The van der Waals surface area contributed by atoms with Crippen LogP contribution in [0.4, 0.5) is 5.69 Å². The predicted molar refractivity (Wildman–Crippen MR) is 106 cm³/mol. The van der Waals surface area contributed by atoms with Crippen LogP contribution >= 0.6 is 12.2 Å². The van der Waals surface area contributed by atoms with E-state index in [0.717, 1.165) is 11.3 Å². The van der Waals surface area contributed by atoms with Gasteiger partial charge in [0.2, 0.25) is 0 Å². The van der Waals surface area contributed by atoms with E-state index in [1.54, 1.807) is 13.0 Å². The summed E-state index contributed by atoms with van der Waals surface area (Å²) in [4.78, 5) is 12.0. The Hall–Kier alpha value is -2.40. The van der Waals surface area contributed by atoms with E-state index in [1.807, 2.05) is 31.2 Å². The van der Waals surface area contributed by atoms with Gasteiger partial charge in [-0.25, -0.2) is 4.79 Å². The Morgan fingerprint density at radius 2 is 1.88 bits per heavy atom. The highest BCUT2D eigenvalue weighted by Crippen LogP contribution is 2.21. The number of ether oxygens (including phenoxy) is 1. The zero-order valence-electron chi connectivity index (χ0n) is 15.1. The average Bonchev–Trinajstić information content (AvgIpc) is 2.57. The molecule has 0 unspecified atom stereocenters. The molecule has 0 bridgehead atoms. The summed E-state index contributed by atoms with van der Waals surface area (Å²) in [5, 5.41) is 6.98. The maximum absolute atomic E-state index is 12.0. The molecule has 0 saturated carbocycles. The number of aryl methyl sites for hydroxylation is 1. The number of carbonyl (C=O) groups is 1. The molecule has 2 aromatic carbocycles. The summed E-state index contributed by atoms with van der Waals surface area (Å²) in [5.41, 5.74) is 4.56. The largest absolute Gasteiger partial charge is 0.462 e. The monoisotopic (exact) mass is 356 g/mol. The van der Waals surface area contributed by atoms with Crippen molar-refractivity contribution in [1.82, 2.24) is 5.32 Å². The fraction of sp³-hybridized carbons (Fsp3) is 0.300. The van der Waals surface area contributed by atoms with E-state index >= 15 is 0 Å². The summed E-state index contributed by atoms with van der Waals surface area (Å²) < 4.78 is 5.09. The fourth-order valence-electron chi connectivity index (χ4n) is 2.71.